The highest BCUT2D eigenvalue weighted by molar-refractivity contribution is 5.87. The van der Waals surface area contributed by atoms with Gasteiger partial charge in [0.25, 0.3) is 0 Å². The summed E-state index contributed by atoms with van der Waals surface area (Å²) in [6.45, 7) is 5.30. The van der Waals surface area contributed by atoms with Gasteiger partial charge in [0.1, 0.15) is 6.61 Å². The lowest BCUT2D eigenvalue weighted by Crippen LogP contribution is -2.11. The number of carboxylic acid groups (broad SMARTS) is 1. The van der Waals surface area contributed by atoms with Gasteiger partial charge >= 0.3 is 5.97 Å². The van der Waals surface area contributed by atoms with Gasteiger partial charge in [0, 0.05) is 6.61 Å². The molecule has 1 aromatic carbocycles. The van der Waals surface area contributed by atoms with Crippen molar-refractivity contribution in [3.8, 4) is 5.75 Å². The first-order valence-electron chi connectivity index (χ1n) is 5.74. The van der Waals surface area contributed by atoms with Crippen LogP contribution in [0.25, 0.3) is 0 Å². The van der Waals surface area contributed by atoms with E-state index in [4.69, 9.17) is 14.6 Å². The van der Waals surface area contributed by atoms with E-state index in [9.17, 15) is 9.18 Å². The Morgan fingerprint density at radius 3 is 2.67 bits per heavy atom. The summed E-state index contributed by atoms with van der Waals surface area (Å²) in [6.07, 6.45) is 0. The summed E-state index contributed by atoms with van der Waals surface area (Å²) >= 11 is 0. The van der Waals surface area contributed by atoms with Crippen LogP contribution in [0.3, 0.4) is 0 Å². The topological polar surface area (TPSA) is 55.8 Å². The van der Waals surface area contributed by atoms with E-state index in [2.05, 4.69) is 0 Å². The summed E-state index contributed by atoms with van der Waals surface area (Å²) in [5.41, 5.74) is -0.101. The Morgan fingerprint density at radius 1 is 1.39 bits per heavy atom. The molecule has 1 aromatic rings. The lowest BCUT2D eigenvalue weighted by Gasteiger charge is -2.09. The number of carbonyl (C=O) groups is 1. The van der Waals surface area contributed by atoms with Gasteiger partial charge in [0.15, 0.2) is 11.6 Å². The molecule has 0 unspecified atom stereocenters. The Morgan fingerprint density at radius 2 is 2.11 bits per heavy atom. The summed E-state index contributed by atoms with van der Waals surface area (Å²) in [5.74, 6) is -1.37. The average molecular weight is 256 g/mol. The molecule has 0 saturated carbocycles. The maximum absolute atomic E-state index is 13.4. The van der Waals surface area contributed by atoms with E-state index >= 15 is 0 Å². The van der Waals surface area contributed by atoms with Gasteiger partial charge in [-0.1, -0.05) is 13.8 Å². The first kappa shape index (κ1) is 14.4. The molecule has 0 amide bonds. The van der Waals surface area contributed by atoms with Gasteiger partial charge < -0.3 is 14.6 Å². The fourth-order valence-corrected chi connectivity index (χ4v) is 1.28. The molecule has 0 aromatic heterocycles. The Balaban J connectivity index is 2.41. The maximum Gasteiger partial charge on any atom is 0.335 e. The summed E-state index contributed by atoms with van der Waals surface area (Å²) in [6, 6.07) is 3.55. The van der Waals surface area contributed by atoms with Gasteiger partial charge in [-0.2, -0.15) is 0 Å². The van der Waals surface area contributed by atoms with Crippen molar-refractivity contribution in [1.82, 2.24) is 0 Å². The Kier molecular flexibility index (Phi) is 5.58. The van der Waals surface area contributed by atoms with Crippen LogP contribution in [0.15, 0.2) is 18.2 Å². The zero-order chi connectivity index (χ0) is 13.5. The Hall–Kier alpha value is -1.62. The normalized spacial score (nSPS) is 10.7. The smallest absolute Gasteiger partial charge is 0.335 e. The largest absolute Gasteiger partial charge is 0.488 e. The Labute approximate surface area is 105 Å². The fourth-order valence-electron chi connectivity index (χ4n) is 1.28. The van der Waals surface area contributed by atoms with Gasteiger partial charge in [-0.15, -0.1) is 0 Å². The van der Waals surface area contributed by atoms with Crippen LogP contribution in [0.2, 0.25) is 0 Å². The molecule has 1 N–H and O–H groups in total. The monoisotopic (exact) mass is 256 g/mol. The molecule has 0 fully saturated rings. The van der Waals surface area contributed by atoms with Crippen molar-refractivity contribution in [2.45, 2.75) is 13.8 Å². The van der Waals surface area contributed by atoms with E-state index < -0.39 is 11.8 Å². The van der Waals surface area contributed by atoms with E-state index in [1.165, 1.54) is 12.1 Å². The molecule has 0 aliphatic rings. The summed E-state index contributed by atoms with van der Waals surface area (Å²) in [7, 11) is 0. The third kappa shape index (κ3) is 4.71. The third-order valence-corrected chi connectivity index (χ3v) is 2.12. The predicted octanol–water partition coefficient (Wildman–Crippen LogP) is 2.58. The van der Waals surface area contributed by atoms with Crippen molar-refractivity contribution in [2.24, 2.45) is 5.92 Å². The van der Waals surface area contributed by atoms with E-state index in [0.29, 0.717) is 19.1 Å². The van der Waals surface area contributed by atoms with Crippen LogP contribution in [-0.4, -0.2) is 30.9 Å². The summed E-state index contributed by atoms with van der Waals surface area (Å²) in [5, 5.41) is 8.67. The molecule has 100 valence electrons. The number of carboxylic acids is 1. The zero-order valence-corrected chi connectivity index (χ0v) is 10.5. The Bertz CT molecular complexity index is 404. The molecule has 1 rings (SSSR count). The number of hydrogen-bond donors (Lipinski definition) is 1. The molecular weight excluding hydrogens is 239 g/mol. The van der Waals surface area contributed by atoms with E-state index in [-0.39, 0.29) is 17.9 Å². The van der Waals surface area contributed by atoms with Gasteiger partial charge in [-0.25, -0.2) is 9.18 Å². The fraction of sp³-hybridized carbons (Fsp3) is 0.462. The molecule has 0 radical (unpaired) electrons. The van der Waals surface area contributed by atoms with E-state index in [0.717, 1.165) is 6.07 Å². The molecule has 0 aliphatic carbocycles. The highest BCUT2D eigenvalue weighted by atomic mass is 19.1. The highest BCUT2D eigenvalue weighted by Crippen LogP contribution is 2.18. The lowest BCUT2D eigenvalue weighted by atomic mass is 10.2. The second kappa shape index (κ2) is 6.96. The van der Waals surface area contributed by atoms with Gasteiger partial charge in [0.05, 0.1) is 12.2 Å². The molecule has 0 aliphatic heterocycles. The summed E-state index contributed by atoms with van der Waals surface area (Å²) in [4.78, 5) is 10.6. The van der Waals surface area contributed by atoms with Crippen LogP contribution in [0.5, 0.6) is 5.75 Å². The molecule has 18 heavy (non-hydrogen) atoms. The van der Waals surface area contributed by atoms with Crippen LogP contribution < -0.4 is 4.74 Å². The zero-order valence-electron chi connectivity index (χ0n) is 10.5. The number of ether oxygens (including phenoxy) is 2. The van der Waals surface area contributed by atoms with Crippen LogP contribution in [0.1, 0.15) is 24.2 Å². The molecule has 4 nitrogen and oxygen atoms in total. The number of halogens is 1. The number of rotatable bonds is 7. The first-order chi connectivity index (χ1) is 8.50. The van der Waals surface area contributed by atoms with Crippen LogP contribution in [0.4, 0.5) is 4.39 Å². The standard InChI is InChI=1S/C13H17FO4/c1-9(2)8-17-5-6-18-12-4-3-10(13(15)16)7-11(12)14/h3-4,7,9H,5-6,8H2,1-2H3,(H,15,16). The van der Waals surface area contributed by atoms with Crippen molar-refractivity contribution >= 4 is 5.97 Å². The van der Waals surface area contributed by atoms with Crippen molar-refractivity contribution < 1.29 is 23.8 Å². The third-order valence-electron chi connectivity index (χ3n) is 2.12. The number of hydrogen-bond acceptors (Lipinski definition) is 3. The molecular formula is C13H17FO4. The SMILES string of the molecule is CC(C)COCCOc1ccc(C(=O)O)cc1F. The number of benzene rings is 1. The number of aromatic carboxylic acids is 1. The van der Waals surface area contributed by atoms with E-state index in [1.807, 2.05) is 13.8 Å². The van der Waals surface area contributed by atoms with Gasteiger partial charge in [0.2, 0.25) is 0 Å². The average Bonchev–Trinajstić information content (AvgIpc) is 2.29. The minimum absolute atomic E-state index is 0.0353. The molecule has 0 atom stereocenters. The van der Waals surface area contributed by atoms with Crippen molar-refractivity contribution in [1.29, 1.82) is 0 Å². The first-order valence-corrected chi connectivity index (χ1v) is 5.74. The summed E-state index contributed by atoms with van der Waals surface area (Å²) < 4.78 is 23.9. The minimum atomic E-state index is -1.17. The molecule has 0 bridgehead atoms. The minimum Gasteiger partial charge on any atom is -0.488 e. The maximum atomic E-state index is 13.4. The van der Waals surface area contributed by atoms with Crippen molar-refractivity contribution in [3.05, 3.63) is 29.6 Å². The molecule has 0 heterocycles. The van der Waals surface area contributed by atoms with Gasteiger partial charge in [-0.05, 0) is 24.1 Å². The van der Waals surface area contributed by atoms with Crippen LogP contribution in [0, 0.1) is 11.7 Å². The van der Waals surface area contributed by atoms with Gasteiger partial charge in [-0.3, -0.25) is 0 Å². The lowest BCUT2D eigenvalue weighted by molar-refractivity contribution is 0.0695. The van der Waals surface area contributed by atoms with Crippen LogP contribution >= 0.6 is 0 Å². The molecule has 5 heteroatoms. The quantitative estimate of drug-likeness (QED) is 0.762. The molecule has 0 saturated heterocycles. The predicted molar refractivity (Wildman–Crippen MR) is 64.5 cm³/mol. The van der Waals surface area contributed by atoms with Crippen molar-refractivity contribution in [3.63, 3.8) is 0 Å². The second-order valence-electron chi connectivity index (χ2n) is 4.27. The second-order valence-corrected chi connectivity index (χ2v) is 4.27. The molecule has 0 spiro atoms. The van der Waals surface area contributed by atoms with Crippen molar-refractivity contribution in [2.75, 3.05) is 19.8 Å². The van der Waals surface area contributed by atoms with Crippen LogP contribution in [-0.2, 0) is 4.74 Å². The highest BCUT2D eigenvalue weighted by Gasteiger charge is 2.08. The van der Waals surface area contributed by atoms with E-state index in [1.54, 1.807) is 0 Å².